The number of hydrogen-bond acceptors (Lipinski definition) is 2. The first-order valence-corrected chi connectivity index (χ1v) is 8.33. The molecule has 0 radical (unpaired) electrons. The number of carbonyl (C=O) groups is 1. The van der Waals surface area contributed by atoms with Crippen molar-refractivity contribution in [3.63, 3.8) is 0 Å². The second-order valence-electron chi connectivity index (χ2n) is 6.29. The first-order valence-electron chi connectivity index (χ1n) is 8.33. The van der Waals surface area contributed by atoms with Crippen LogP contribution in [0.3, 0.4) is 0 Å². The second-order valence-corrected chi connectivity index (χ2v) is 6.29. The van der Waals surface area contributed by atoms with Gasteiger partial charge < -0.3 is 10.6 Å². The number of alkyl halides is 3. The van der Waals surface area contributed by atoms with Gasteiger partial charge in [-0.1, -0.05) is 18.2 Å². The number of piperidine rings is 1. The summed E-state index contributed by atoms with van der Waals surface area (Å²) in [6.07, 6.45) is -2.78. The molecular weight excluding hydrogens is 348 g/mol. The highest BCUT2D eigenvalue weighted by Gasteiger charge is 2.30. The molecule has 138 valence electrons. The highest BCUT2D eigenvalue weighted by molar-refractivity contribution is 6.01. The van der Waals surface area contributed by atoms with E-state index < -0.39 is 23.5 Å². The van der Waals surface area contributed by atoms with Crippen LogP contribution in [0.1, 0.15) is 28.8 Å². The Bertz CT molecular complexity index is 798. The first-order chi connectivity index (χ1) is 12.3. The van der Waals surface area contributed by atoms with Crippen LogP contribution in [-0.2, 0) is 6.18 Å². The fourth-order valence-electron chi connectivity index (χ4n) is 3.06. The highest BCUT2D eigenvalue weighted by Crippen LogP contribution is 2.33. The SMILES string of the molecule is O=C(N[C@H]1CCCNC1)c1cc(F)ccc1-c1cccc(C(F)(F)F)c1. The van der Waals surface area contributed by atoms with E-state index in [0.717, 1.165) is 43.7 Å². The third kappa shape index (κ3) is 4.22. The Balaban J connectivity index is 1.94. The largest absolute Gasteiger partial charge is 0.416 e. The minimum atomic E-state index is -4.49. The predicted molar refractivity (Wildman–Crippen MR) is 90.2 cm³/mol. The van der Waals surface area contributed by atoms with Crippen molar-refractivity contribution in [1.82, 2.24) is 10.6 Å². The lowest BCUT2D eigenvalue weighted by Gasteiger charge is -2.24. The van der Waals surface area contributed by atoms with Gasteiger partial charge in [-0.25, -0.2) is 4.39 Å². The van der Waals surface area contributed by atoms with Crippen molar-refractivity contribution in [3.05, 3.63) is 59.4 Å². The van der Waals surface area contributed by atoms with Crippen molar-refractivity contribution < 1.29 is 22.4 Å². The van der Waals surface area contributed by atoms with E-state index in [2.05, 4.69) is 10.6 Å². The summed E-state index contributed by atoms with van der Waals surface area (Å²) < 4.78 is 52.6. The number of carbonyl (C=O) groups excluding carboxylic acids is 1. The van der Waals surface area contributed by atoms with Crippen LogP contribution in [0.15, 0.2) is 42.5 Å². The summed E-state index contributed by atoms with van der Waals surface area (Å²) in [6, 6.07) is 8.10. The Kier molecular flexibility index (Phi) is 5.27. The zero-order valence-corrected chi connectivity index (χ0v) is 13.9. The number of nitrogens with one attached hydrogen (secondary N) is 2. The molecule has 1 atom stereocenters. The molecule has 1 aliphatic heterocycles. The fraction of sp³-hybridized carbons (Fsp3) is 0.316. The van der Waals surface area contributed by atoms with Gasteiger partial charge in [-0.15, -0.1) is 0 Å². The van der Waals surface area contributed by atoms with E-state index in [0.29, 0.717) is 6.54 Å². The molecule has 0 bridgehead atoms. The molecular formula is C19H18F4N2O. The molecule has 2 aromatic carbocycles. The summed E-state index contributed by atoms with van der Waals surface area (Å²) >= 11 is 0. The average Bonchev–Trinajstić information content (AvgIpc) is 2.62. The summed E-state index contributed by atoms with van der Waals surface area (Å²) in [5.74, 6) is -1.11. The molecule has 0 aromatic heterocycles. The Morgan fingerprint density at radius 1 is 1.15 bits per heavy atom. The smallest absolute Gasteiger partial charge is 0.348 e. The van der Waals surface area contributed by atoms with Crippen LogP contribution >= 0.6 is 0 Å². The van der Waals surface area contributed by atoms with E-state index in [-0.39, 0.29) is 22.7 Å². The molecule has 3 nitrogen and oxygen atoms in total. The van der Waals surface area contributed by atoms with Gasteiger partial charge in [0.05, 0.1) is 11.1 Å². The van der Waals surface area contributed by atoms with Gasteiger partial charge >= 0.3 is 6.18 Å². The van der Waals surface area contributed by atoms with E-state index in [1.807, 2.05) is 0 Å². The van der Waals surface area contributed by atoms with Crippen molar-refractivity contribution in [3.8, 4) is 11.1 Å². The van der Waals surface area contributed by atoms with E-state index in [4.69, 9.17) is 0 Å². The standard InChI is InChI=1S/C19H18F4N2O/c20-14-6-7-16(12-3-1-4-13(9-12)19(21,22)23)17(10-14)18(26)25-15-5-2-8-24-11-15/h1,3-4,6-7,9-10,15,24H,2,5,8,11H2,(H,25,26)/t15-/m0/s1. The summed E-state index contributed by atoms with van der Waals surface area (Å²) in [5, 5.41) is 5.99. The molecule has 1 saturated heterocycles. The number of hydrogen-bond donors (Lipinski definition) is 2. The van der Waals surface area contributed by atoms with E-state index >= 15 is 0 Å². The van der Waals surface area contributed by atoms with Gasteiger partial charge in [0.2, 0.25) is 0 Å². The molecule has 0 unspecified atom stereocenters. The first kappa shape index (κ1) is 18.4. The van der Waals surface area contributed by atoms with Crippen LogP contribution in [0.25, 0.3) is 11.1 Å². The van der Waals surface area contributed by atoms with Crippen LogP contribution in [0, 0.1) is 5.82 Å². The molecule has 26 heavy (non-hydrogen) atoms. The monoisotopic (exact) mass is 366 g/mol. The molecule has 1 amide bonds. The molecule has 7 heteroatoms. The van der Waals surface area contributed by atoms with Gasteiger partial charge in [-0.2, -0.15) is 13.2 Å². The number of benzene rings is 2. The molecule has 2 N–H and O–H groups in total. The normalized spacial score (nSPS) is 17.8. The summed E-state index contributed by atoms with van der Waals surface area (Å²) in [6.45, 7) is 1.49. The van der Waals surface area contributed by atoms with E-state index in [9.17, 15) is 22.4 Å². The van der Waals surface area contributed by atoms with Crippen LogP contribution in [0.4, 0.5) is 17.6 Å². The van der Waals surface area contributed by atoms with Gasteiger partial charge in [0, 0.05) is 12.6 Å². The van der Waals surface area contributed by atoms with Crippen molar-refractivity contribution in [2.75, 3.05) is 13.1 Å². The third-order valence-corrected chi connectivity index (χ3v) is 4.36. The van der Waals surface area contributed by atoms with Crippen molar-refractivity contribution in [1.29, 1.82) is 0 Å². The van der Waals surface area contributed by atoms with Crippen LogP contribution in [-0.4, -0.2) is 25.0 Å². The average molecular weight is 366 g/mol. The zero-order valence-electron chi connectivity index (χ0n) is 13.9. The van der Waals surface area contributed by atoms with E-state index in [1.54, 1.807) is 0 Å². The summed E-state index contributed by atoms with van der Waals surface area (Å²) in [4.78, 5) is 12.6. The second kappa shape index (κ2) is 7.45. The molecule has 2 aromatic rings. The van der Waals surface area contributed by atoms with Gasteiger partial charge in [0.25, 0.3) is 5.91 Å². The molecule has 0 spiro atoms. The van der Waals surface area contributed by atoms with Crippen LogP contribution in [0.2, 0.25) is 0 Å². The Morgan fingerprint density at radius 2 is 1.96 bits per heavy atom. The maximum absolute atomic E-state index is 13.7. The van der Waals surface area contributed by atoms with Crippen molar-refractivity contribution in [2.24, 2.45) is 0 Å². The maximum Gasteiger partial charge on any atom is 0.416 e. The Labute approximate surface area is 148 Å². The van der Waals surface area contributed by atoms with E-state index in [1.165, 1.54) is 18.2 Å². The third-order valence-electron chi connectivity index (χ3n) is 4.36. The molecule has 1 aliphatic rings. The molecule has 1 fully saturated rings. The Morgan fingerprint density at radius 3 is 2.65 bits per heavy atom. The quantitative estimate of drug-likeness (QED) is 0.807. The van der Waals surface area contributed by atoms with Gasteiger partial charge in [0.15, 0.2) is 0 Å². The van der Waals surface area contributed by atoms with Crippen LogP contribution in [0.5, 0.6) is 0 Å². The lowest BCUT2D eigenvalue weighted by Crippen LogP contribution is -2.45. The molecule has 0 aliphatic carbocycles. The zero-order chi connectivity index (χ0) is 18.7. The fourth-order valence-corrected chi connectivity index (χ4v) is 3.06. The molecule has 1 heterocycles. The van der Waals surface area contributed by atoms with Crippen LogP contribution < -0.4 is 10.6 Å². The summed E-state index contributed by atoms with van der Waals surface area (Å²) in [5.41, 5.74) is -0.317. The van der Waals surface area contributed by atoms with Gasteiger partial charge in [-0.05, 0) is 54.8 Å². The minimum absolute atomic E-state index is 0.0231. The minimum Gasteiger partial charge on any atom is -0.348 e. The predicted octanol–water partition coefficient (Wildman–Crippen LogP) is 3.99. The van der Waals surface area contributed by atoms with Crippen molar-refractivity contribution in [2.45, 2.75) is 25.1 Å². The molecule has 0 saturated carbocycles. The number of halogens is 4. The summed E-state index contributed by atoms with van der Waals surface area (Å²) in [7, 11) is 0. The van der Waals surface area contributed by atoms with Gasteiger partial charge in [0.1, 0.15) is 5.82 Å². The highest BCUT2D eigenvalue weighted by atomic mass is 19.4. The lowest BCUT2D eigenvalue weighted by molar-refractivity contribution is -0.137. The number of rotatable bonds is 3. The number of amides is 1. The maximum atomic E-state index is 13.7. The molecule has 3 rings (SSSR count). The van der Waals surface area contributed by atoms with Crippen molar-refractivity contribution >= 4 is 5.91 Å². The van der Waals surface area contributed by atoms with Gasteiger partial charge in [-0.3, -0.25) is 4.79 Å². The lowest BCUT2D eigenvalue weighted by atomic mass is 9.96. The topological polar surface area (TPSA) is 41.1 Å². The Hall–Kier alpha value is -2.41.